The summed E-state index contributed by atoms with van der Waals surface area (Å²) in [6, 6.07) is 8.26. The van der Waals surface area contributed by atoms with Crippen LogP contribution in [0.2, 0.25) is 0 Å². The molecular weight excluding hydrogens is 148 g/mol. The van der Waals surface area contributed by atoms with Crippen molar-refractivity contribution in [3.05, 3.63) is 48.4 Å². The van der Waals surface area contributed by atoms with E-state index >= 15 is 0 Å². The van der Waals surface area contributed by atoms with Gasteiger partial charge in [0.1, 0.15) is 6.10 Å². The molecule has 61 valence electrons. The van der Waals surface area contributed by atoms with Crippen LogP contribution in [-0.2, 0) is 4.74 Å². The van der Waals surface area contributed by atoms with Crippen LogP contribution in [0.4, 0.5) is 0 Å². The van der Waals surface area contributed by atoms with Crippen molar-refractivity contribution in [2.75, 3.05) is 6.61 Å². The van der Waals surface area contributed by atoms with Crippen molar-refractivity contribution < 1.29 is 4.74 Å². The molecule has 0 aliphatic heterocycles. The number of rotatable bonds is 2. The van der Waals surface area contributed by atoms with Crippen LogP contribution in [0, 0.1) is 6.92 Å². The molecule has 2 rings (SSSR count). The minimum absolute atomic E-state index is 0.124. The Morgan fingerprint density at radius 2 is 2.17 bits per heavy atom. The van der Waals surface area contributed by atoms with Gasteiger partial charge in [0.2, 0.25) is 0 Å². The molecule has 1 aliphatic carbocycles. The van der Waals surface area contributed by atoms with Gasteiger partial charge in [-0.05, 0) is 18.1 Å². The molecule has 1 aromatic rings. The normalized spacial score (nSPS) is 19.6. The van der Waals surface area contributed by atoms with Gasteiger partial charge in [0.15, 0.2) is 0 Å². The summed E-state index contributed by atoms with van der Waals surface area (Å²) in [7, 11) is 0. The zero-order valence-corrected chi connectivity index (χ0v) is 6.86. The van der Waals surface area contributed by atoms with E-state index in [9.17, 15) is 0 Å². The molecule has 1 heteroatoms. The molecule has 1 aromatic carbocycles. The van der Waals surface area contributed by atoms with Crippen molar-refractivity contribution in [2.24, 2.45) is 0 Å². The highest BCUT2D eigenvalue weighted by Crippen LogP contribution is 2.30. The van der Waals surface area contributed by atoms with Crippen LogP contribution in [0.25, 0.3) is 6.08 Å². The highest BCUT2D eigenvalue weighted by atomic mass is 16.5. The summed E-state index contributed by atoms with van der Waals surface area (Å²) >= 11 is 0. The molecule has 0 spiro atoms. The van der Waals surface area contributed by atoms with Gasteiger partial charge in [-0.1, -0.05) is 36.4 Å². The highest BCUT2D eigenvalue weighted by Gasteiger charge is 2.15. The van der Waals surface area contributed by atoms with Gasteiger partial charge in [0, 0.05) is 6.61 Å². The molecule has 0 N–H and O–H groups in total. The number of hydrogen-bond acceptors (Lipinski definition) is 1. The molecule has 0 aromatic heterocycles. The van der Waals surface area contributed by atoms with E-state index in [2.05, 4.69) is 31.2 Å². The molecule has 0 amide bonds. The molecule has 1 unspecified atom stereocenters. The lowest BCUT2D eigenvalue weighted by Crippen LogP contribution is -1.98. The van der Waals surface area contributed by atoms with Crippen LogP contribution in [-0.4, -0.2) is 6.61 Å². The molecular formula is C11H11O. The summed E-state index contributed by atoms with van der Waals surface area (Å²) in [6.45, 7) is 4.18. The molecule has 0 bridgehead atoms. The van der Waals surface area contributed by atoms with E-state index in [0.717, 1.165) is 0 Å². The Morgan fingerprint density at radius 1 is 1.33 bits per heavy atom. The minimum Gasteiger partial charge on any atom is -0.369 e. The quantitative estimate of drug-likeness (QED) is 0.644. The summed E-state index contributed by atoms with van der Waals surface area (Å²) < 4.78 is 5.43. The van der Waals surface area contributed by atoms with Gasteiger partial charge in [-0.3, -0.25) is 0 Å². The van der Waals surface area contributed by atoms with Gasteiger partial charge < -0.3 is 4.74 Å². The monoisotopic (exact) mass is 159 g/mol. The van der Waals surface area contributed by atoms with Gasteiger partial charge in [-0.15, -0.1) is 0 Å². The summed E-state index contributed by atoms with van der Waals surface area (Å²) in [4.78, 5) is 0. The molecule has 0 saturated heterocycles. The maximum atomic E-state index is 5.43. The lowest BCUT2D eigenvalue weighted by molar-refractivity contribution is 0.111. The van der Waals surface area contributed by atoms with Gasteiger partial charge in [-0.2, -0.15) is 0 Å². The van der Waals surface area contributed by atoms with Crippen molar-refractivity contribution in [2.45, 2.75) is 6.10 Å². The molecule has 1 nitrogen and oxygen atoms in total. The zero-order chi connectivity index (χ0) is 8.39. The molecule has 0 fully saturated rings. The number of benzene rings is 1. The maximum Gasteiger partial charge on any atom is 0.102 e. The Hall–Kier alpha value is -1.08. The second-order valence-electron chi connectivity index (χ2n) is 2.78. The summed E-state index contributed by atoms with van der Waals surface area (Å²) in [5.41, 5.74) is 2.51. The molecule has 12 heavy (non-hydrogen) atoms. The lowest BCUT2D eigenvalue weighted by Gasteiger charge is -2.09. The van der Waals surface area contributed by atoms with E-state index in [1.54, 1.807) is 0 Å². The first-order chi connectivity index (χ1) is 5.92. The molecule has 1 aliphatic rings. The Morgan fingerprint density at radius 3 is 3.00 bits per heavy atom. The number of hydrogen-bond donors (Lipinski definition) is 0. The van der Waals surface area contributed by atoms with Crippen molar-refractivity contribution in [3.8, 4) is 0 Å². The van der Waals surface area contributed by atoms with Crippen LogP contribution in [0.15, 0.2) is 30.3 Å². The van der Waals surface area contributed by atoms with E-state index in [0.29, 0.717) is 6.61 Å². The van der Waals surface area contributed by atoms with E-state index in [-0.39, 0.29) is 6.10 Å². The minimum atomic E-state index is 0.124. The van der Waals surface area contributed by atoms with Gasteiger partial charge in [0.25, 0.3) is 0 Å². The van der Waals surface area contributed by atoms with E-state index < -0.39 is 0 Å². The number of ether oxygens (including phenoxy) is 1. The van der Waals surface area contributed by atoms with Gasteiger partial charge in [-0.25, -0.2) is 0 Å². The van der Waals surface area contributed by atoms with Crippen LogP contribution >= 0.6 is 0 Å². The van der Waals surface area contributed by atoms with Crippen molar-refractivity contribution >= 4 is 6.08 Å². The predicted molar refractivity (Wildman–Crippen MR) is 49.5 cm³/mol. The first-order valence-corrected chi connectivity index (χ1v) is 4.10. The van der Waals surface area contributed by atoms with Crippen LogP contribution in [0.5, 0.6) is 0 Å². The summed E-state index contributed by atoms with van der Waals surface area (Å²) in [6.07, 6.45) is 4.28. The molecule has 1 radical (unpaired) electrons. The topological polar surface area (TPSA) is 9.23 Å². The summed E-state index contributed by atoms with van der Waals surface area (Å²) in [5.74, 6) is 0. The van der Waals surface area contributed by atoms with Crippen molar-refractivity contribution in [1.82, 2.24) is 0 Å². The molecule has 0 heterocycles. The fourth-order valence-electron chi connectivity index (χ4n) is 1.49. The first-order valence-electron chi connectivity index (χ1n) is 4.10. The molecule has 0 saturated carbocycles. The average Bonchev–Trinajstić information content (AvgIpc) is 2.50. The van der Waals surface area contributed by atoms with Crippen LogP contribution in [0.3, 0.4) is 0 Å². The molecule has 1 atom stereocenters. The Kier molecular flexibility index (Phi) is 1.96. The Labute approximate surface area is 72.7 Å². The van der Waals surface area contributed by atoms with Gasteiger partial charge in [0.05, 0.1) is 0 Å². The fraction of sp³-hybridized carbons (Fsp3) is 0.182. The van der Waals surface area contributed by atoms with E-state index in [4.69, 9.17) is 4.74 Å². The van der Waals surface area contributed by atoms with Crippen LogP contribution in [0.1, 0.15) is 17.2 Å². The van der Waals surface area contributed by atoms with E-state index in [1.807, 2.05) is 12.1 Å². The predicted octanol–water partition coefficient (Wildman–Crippen LogP) is 2.61. The van der Waals surface area contributed by atoms with Crippen LogP contribution < -0.4 is 0 Å². The highest BCUT2D eigenvalue weighted by molar-refractivity contribution is 5.61. The second-order valence-corrected chi connectivity index (χ2v) is 2.78. The Balaban J connectivity index is 2.30. The van der Waals surface area contributed by atoms with Gasteiger partial charge >= 0.3 is 0 Å². The van der Waals surface area contributed by atoms with Crippen molar-refractivity contribution in [3.63, 3.8) is 0 Å². The first kappa shape index (κ1) is 7.56. The third-order valence-corrected chi connectivity index (χ3v) is 2.05. The van der Waals surface area contributed by atoms with Crippen molar-refractivity contribution in [1.29, 1.82) is 0 Å². The standard InChI is InChI=1S/C11H11O/c1-2-12-11-8-7-9-5-3-4-6-10(9)11/h3-8,11H,1-2H2. The maximum absolute atomic E-state index is 5.43. The third-order valence-electron chi connectivity index (χ3n) is 2.05. The lowest BCUT2D eigenvalue weighted by atomic mass is 10.1. The fourth-order valence-corrected chi connectivity index (χ4v) is 1.49. The van der Waals surface area contributed by atoms with E-state index in [1.165, 1.54) is 11.1 Å². The average molecular weight is 159 g/mol. The third kappa shape index (κ3) is 1.16. The second kappa shape index (κ2) is 3.11. The largest absolute Gasteiger partial charge is 0.369 e. The smallest absolute Gasteiger partial charge is 0.102 e. The Bertz CT molecular complexity index is 302. The summed E-state index contributed by atoms with van der Waals surface area (Å²) in [5, 5.41) is 0. The zero-order valence-electron chi connectivity index (χ0n) is 6.86. The SMILES string of the molecule is [CH2]COC1C=Cc2ccccc21. The number of fused-ring (bicyclic) bond motifs is 1.